The zero-order valence-electron chi connectivity index (χ0n) is 10.9. The molecule has 0 fully saturated rings. The highest BCUT2D eigenvalue weighted by Gasteiger charge is 2.19. The van der Waals surface area contributed by atoms with Crippen LogP contribution in [0.15, 0.2) is 45.3 Å². The van der Waals surface area contributed by atoms with Crippen LogP contribution in [0.3, 0.4) is 0 Å². The van der Waals surface area contributed by atoms with Crippen LogP contribution in [-0.2, 0) is 0 Å². The molecule has 0 atom stereocenters. The summed E-state index contributed by atoms with van der Waals surface area (Å²) in [5.74, 6) is 0.904. The average molecular weight is 400 g/mol. The Balaban J connectivity index is 2.56. The van der Waals surface area contributed by atoms with Crippen molar-refractivity contribution in [1.82, 2.24) is 0 Å². The second-order valence-corrected chi connectivity index (χ2v) is 5.85. The van der Waals surface area contributed by atoms with Gasteiger partial charge in [-0.1, -0.05) is 31.9 Å². The molecule has 0 aliphatic rings. The summed E-state index contributed by atoms with van der Waals surface area (Å²) in [6, 6.07) is 10.6. The SMILES string of the molecule is COc1ccc(Br)cc1C(=O)c1cc(Br)ccc1OC. The average Bonchev–Trinajstić information content (AvgIpc) is 2.46. The summed E-state index contributed by atoms with van der Waals surface area (Å²) in [5.41, 5.74) is 0.969. The van der Waals surface area contributed by atoms with Crippen LogP contribution in [0.1, 0.15) is 15.9 Å². The van der Waals surface area contributed by atoms with E-state index in [1.165, 1.54) is 14.2 Å². The van der Waals surface area contributed by atoms with Gasteiger partial charge in [0.15, 0.2) is 0 Å². The predicted octanol–water partition coefficient (Wildman–Crippen LogP) is 4.46. The van der Waals surface area contributed by atoms with Gasteiger partial charge in [-0.05, 0) is 36.4 Å². The summed E-state index contributed by atoms with van der Waals surface area (Å²) in [7, 11) is 3.08. The molecule has 0 radical (unpaired) electrons. The quantitative estimate of drug-likeness (QED) is 0.712. The van der Waals surface area contributed by atoms with Gasteiger partial charge in [-0.3, -0.25) is 4.79 Å². The van der Waals surface area contributed by atoms with Crippen LogP contribution in [0.25, 0.3) is 0 Å². The van der Waals surface area contributed by atoms with Gasteiger partial charge in [0.25, 0.3) is 0 Å². The summed E-state index contributed by atoms with van der Waals surface area (Å²) < 4.78 is 12.1. The molecule has 0 aliphatic carbocycles. The lowest BCUT2D eigenvalue weighted by Gasteiger charge is -2.11. The van der Waals surface area contributed by atoms with Crippen molar-refractivity contribution >= 4 is 37.6 Å². The molecule has 0 bridgehead atoms. The lowest BCUT2D eigenvalue weighted by molar-refractivity contribution is 0.103. The molecular formula is C15H12Br2O3. The van der Waals surface area contributed by atoms with Crippen molar-refractivity contribution in [3.05, 3.63) is 56.5 Å². The standard InChI is InChI=1S/C15H12Br2O3/c1-19-13-5-3-9(16)7-11(13)15(18)12-8-10(17)4-6-14(12)20-2/h3-8H,1-2H3. The number of hydrogen-bond donors (Lipinski definition) is 0. The fraction of sp³-hybridized carbons (Fsp3) is 0.133. The minimum atomic E-state index is -0.152. The third kappa shape index (κ3) is 3.04. The van der Waals surface area contributed by atoms with Gasteiger partial charge < -0.3 is 9.47 Å². The Morgan fingerprint density at radius 3 is 1.60 bits per heavy atom. The van der Waals surface area contributed by atoms with Crippen LogP contribution < -0.4 is 9.47 Å². The van der Waals surface area contributed by atoms with Gasteiger partial charge in [0.05, 0.1) is 25.3 Å². The fourth-order valence-corrected chi connectivity index (χ4v) is 2.58. The van der Waals surface area contributed by atoms with E-state index in [4.69, 9.17) is 9.47 Å². The van der Waals surface area contributed by atoms with E-state index in [9.17, 15) is 4.79 Å². The smallest absolute Gasteiger partial charge is 0.200 e. The van der Waals surface area contributed by atoms with Crippen molar-refractivity contribution in [3.8, 4) is 11.5 Å². The van der Waals surface area contributed by atoms with Gasteiger partial charge in [-0.2, -0.15) is 0 Å². The van der Waals surface area contributed by atoms with Crippen molar-refractivity contribution in [2.24, 2.45) is 0 Å². The molecule has 5 heteroatoms. The largest absolute Gasteiger partial charge is 0.496 e. The van der Waals surface area contributed by atoms with Gasteiger partial charge in [-0.15, -0.1) is 0 Å². The first-order chi connectivity index (χ1) is 9.56. The zero-order valence-corrected chi connectivity index (χ0v) is 14.1. The van der Waals surface area contributed by atoms with E-state index >= 15 is 0 Å². The van der Waals surface area contributed by atoms with Crippen LogP contribution in [-0.4, -0.2) is 20.0 Å². The minimum Gasteiger partial charge on any atom is -0.496 e. The summed E-state index contributed by atoms with van der Waals surface area (Å²) in [6.45, 7) is 0. The van der Waals surface area contributed by atoms with Gasteiger partial charge in [0.2, 0.25) is 5.78 Å². The highest BCUT2D eigenvalue weighted by Crippen LogP contribution is 2.30. The second kappa shape index (κ2) is 6.41. The predicted molar refractivity (Wildman–Crippen MR) is 84.8 cm³/mol. The third-order valence-electron chi connectivity index (χ3n) is 2.81. The number of halogens is 2. The van der Waals surface area contributed by atoms with Gasteiger partial charge in [-0.25, -0.2) is 0 Å². The first-order valence-corrected chi connectivity index (χ1v) is 7.37. The number of rotatable bonds is 4. The Kier molecular flexibility index (Phi) is 4.83. The lowest BCUT2D eigenvalue weighted by atomic mass is 10.0. The molecule has 2 aromatic carbocycles. The maximum absolute atomic E-state index is 12.7. The van der Waals surface area contributed by atoms with Crippen molar-refractivity contribution in [1.29, 1.82) is 0 Å². The van der Waals surface area contributed by atoms with Crippen molar-refractivity contribution in [3.63, 3.8) is 0 Å². The summed E-state index contributed by atoms with van der Waals surface area (Å²) in [5, 5.41) is 0. The van der Waals surface area contributed by atoms with E-state index in [-0.39, 0.29) is 5.78 Å². The molecule has 20 heavy (non-hydrogen) atoms. The second-order valence-electron chi connectivity index (χ2n) is 4.02. The highest BCUT2D eigenvalue weighted by molar-refractivity contribution is 9.10. The topological polar surface area (TPSA) is 35.5 Å². The number of carbonyl (C=O) groups is 1. The molecule has 0 heterocycles. The van der Waals surface area contributed by atoms with E-state index in [1.807, 2.05) is 12.1 Å². The van der Waals surface area contributed by atoms with Crippen LogP contribution in [0.2, 0.25) is 0 Å². The Morgan fingerprint density at radius 1 is 0.850 bits per heavy atom. The van der Waals surface area contributed by atoms with Gasteiger partial charge >= 0.3 is 0 Å². The Hall–Kier alpha value is -1.33. The molecular weight excluding hydrogens is 388 g/mol. The van der Waals surface area contributed by atoms with Gasteiger partial charge in [0.1, 0.15) is 11.5 Å². The van der Waals surface area contributed by atoms with Crippen LogP contribution >= 0.6 is 31.9 Å². The molecule has 0 saturated heterocycles. The molecule has 0 amide bonds. The van der Waals surface area contributed by atoms with E-state index in [1.54, 1.807) is 24.3 Å². The molecule has 0 aromatic heterocycles. The number of ether oxygens (including phenoxy) is 2. The minimum absolute atomic E-state index is 0.152. The van der Waals surface area contributed by atoms with Crippen molar-refractivity contribution in [2.45, 2.75) is 0 Å². The molecule has 104 valence electrons. The molecule has 2 aromatic rings. The highest BCUT2D eigenvalue weighted by atomic mass is 79.9. The number of carbonyl (C=O) groups excluding carboxylic acids is 1. The molecule has 0 saturated carbocycles. The summed E-state index contributed by atoms with van der Waals surface area (Å²) in [4.78, 5) is 12.7. The molecule has 0 N–H and O–H groups in total. The molecule has 3 nitrogen and oxygen atoms in total. The summed E-state index contributed by atoms with van der Waals surface area (Å²) in [6.07, 6.45) is 0. The van der Waals surface area contributed by atoms with Crippen molar-refractivity contribution < 1.29 is 14.3 Å². The lowest BCUT2D eigenvalue weighted by Crippen LogP contribution is -2.06. The maximum Gasteiger partial charge on any atom is 0.200 e. The Labute approximate surface area is 134 Å². The number of hydrogen-bond acceptors (Lipinski definition) is 3. The number of benzene rings is 2. The third-order valence-corrected chi connectivity index (χ3v) is 3.80. The number of methoxy groups -OCH3 is 2. The van der Waals surface area contributed by atoms with E-state index in [2.05, 4.69) is 31.9 Å². The molecule has 0 spiro atoms. The van der Waals surface area contributed by atoms with Crippen LogP contribution in [0.4, 0.5) is 0 Å². The Bertz CT molecular complexity index is 598. The molecule has 0 unspecified atom stereocenters. The number of ketones is 1. The van der Waals surface area contributed by atoms with E-state index in [0.717, 1.165) is 8.95 Å². The van der Waals surface area contributed by atoms with E-state index in [0.29, 0.717) is 22.6 Å². The van der Waals surface area contributed by atoms with Crippen LogP contribution in [0, 0.1) is 0 Å². The fourth-order valence-electron chi connectivity index (χ4n) is 1.86. The summed E-state index contributed by atoms with van der Waals surface area (Å²) >= 11 is 6.74. The molecule has 2 rings (SSSR count). The monoisotopic (exact) mass is 398 g/mol. The normalized spacial score (nSPS) is 10.2. The van der Waals surface area contributed by atoms with Crippen molar-refractivity contribution in [2.75, 3.05) is 14.2 Å². The van der Waals surface area contributed by atoms with Gasteiger partial charge in [0, 0.05) is 8.95 Å². The maximum atomic E-state index is 12.7. The first kappa shape index (κ1) is 15.1. The zero-order chi connectivity index (χ0) is 14.7. The Morgan fingerprint density at radius 2 is 1.25 bits per heavy atom. The molecule has 0 aliphatic heterocycles. The van der Waals surface area contributed by atoms with Crippen LogP contribution in [0.5, 0.6) is 11.5 Å². The van der Waals surface area contributed by atoms with E-state index < -0.39 is 0 Å². The first-order valence-electron chi connectivity index (χ1n) is 5.78.